The molecule has 0 aliphatic heterocycles. The minimum Gasteiger partial charge on any atom is -0.322 e. The lowest BCUT2D eigenvalue weighted by Gasteiger charge is -2.09. The van der Waals surface area contributed by atoms with Crippen molar-refractivity contribution >= 4 is 68.7 Å². The summed E-state index contributed by atoms with van der Waals surface area (Å²) in [7, 11) is 0. The van der Waals surface area contributed by atoms with Crippen LogP contribution in [-0.4, -0.2) is 5.91 Å². The van der Waals surface area contributed by atoms with E-state index in [0.29, 0.717) is 14.2 Å². The molecule has 0 unspecified atom stereocenters. The number of rotatable bonds is 2. The van der Waals surface area contributed by atoms with Crippen molar-refractivity contribution in [1.82, 2.24) is 0 Å². The molecular formula is C12H8Cl2INOS. The topological polar surface area (TPSA) is 29.1 Å². The maximum absolute atomic E-state index is 12.1. The van der Waals surface area contributed by atoms with Gasteiger partial charge in [-0.3, -0.25) is 4.79 Å². The Morgan fingerprint density at radius 1 is 1.39 bits per heavy atom. The first-order valence-corrected chi connectivity index (χ1v) is 7.65. The Bertz CT molecular complexity index is 612. The van der Waals surface area contributed by atoms with Crippen LogP contribution in [0.4, 0.5) is 5.69 Å². The molecule has 0 saturated heterocycles. The molecular weight excluding hydrogens is 404 g/mol. The lowest BCUT2D eigenvalue weighted by Crippen LogP contribution is -2.12. The van der Waals surface area contributed by atoms with Crippen LogP contribution in [0, 0.1) is 10.5 Å². The van der Waals surface area contributed by atoms with E-state index >= 15 is 0 Å². The Morgan fingerprint density at radius 3 is 2.72 bits per heavy atom. The van der Waals surface area contributed by atoms with Crippen LogP contribution in [0.1, 0.15) is 15.9 Å². The lowest BCUT2D eigenvalue weighted by atomic mass is 10.2. The van der Waals surface area contributed by atoms with E-state index in [2.05, 4.69) is 27.9 Å². The van der Waals surface area contributed by atoms with Gasteiger partial charge in [0.1, 0.15) is 4.34 Å². The Kier molecular flexibility index (Phi) is 4.53. The molecule has 1 amide bonds. The zero-order chi connectivity index (χ0) is 13.3. The summed E-state index contributed by atoms with van der Waals surface area (Å²) in [6.45, 7) is 1.96. The van der Waals surface area contributed by atoms with Crippen molar-refractivity contribution in [2.24, 2.45) is 0 Å². The fourth-order valence-electron chi connectivity index (χ4n) is 1.43. The molecule has 0 saturated carbocycles. The zero-order valence-electron chi connectivity index (χ0n) is 9.26. The normalized spacial score (nSPS) is 10.4. The molecule has 0 aliphatic rings. The van der Waals surface area contributed by atoms with Gasteiger partial charge >= 0.3 is 0 Å². The first-order chi connectivity index (χ1) is 8.49. The number of nitrogens with one attached hydrogen (secondary N) is 1. The number of amides is 1. The molecule has 1 N–H and O–H groups in total. The molecule has 1 aromatic heterocycles. The molecule has 2 rings (SSSR count). The molecule has 18 heavy (non-hydrogen) atoms. The molecule has 6 heteroatoms. The second-order valence-corrected chi connectivity index (χ2v) is 7.05. The van der Waals surface area contributed by atoms with Gasteiger partial charge in [-0.1, -0.05) is 29.3 Å². The summed E-state index contributed by atoms with van der Waals surface area (Å²) >= 11 is 15.2. The van der Waals surface area contributed by atoms with Crippen molar-refractivity contribution in [3.8, 4) is 0 Å². The summed E-state index contributed by atoms with van der Waals surface area (Å²) in [5.74, 6) is -0.242. The van der Waals surface area contributed by atoms with Gasteiger partial charge in [-0.05, 0) is 53.3 Å². The minimum atomic E-state index is -0.242. The van der Waals surface area contributed by atoms with Gasteiger partial charge in [0.25, 0.3) is 5.91 Å². The second-order valence-electron chi connectivity index (χ2n) is 3.60. The Labute approximate surface area is 132 Å². The van der Waals surface area contributed by atoms with Crippen molar-refractivity contribution in [2.75, 3.05) is 5.32 Å². The Balaban J connectivity index is 2.27. The van der Waals surface area contributed by atoms with Crippen LogP contribution >= 0.6 is 57.1 Å². The number of hydrogen-bond donors (Lipinski definition) is 1. The monoisotopic (exact) mass is 411 g/mol. The number of benzene rings is 1. The predicted molar refractivity (Wildman–Crippen MR) is 86.2 cm³/mol. The van der Waals surface area contributed by atoms with E-state index in [4.69, 9.17) is 23.2 Å². The standard InChI is InChI=1S/C12H8Cl2INOS/c1-6-8(15)3-2-4-9(6)16-12(17)7-5-10(13)18-11(7)14/h2-5H,1H3,(H,16,17). The summed E-state index contributed by atoms with van der Waals surface area (Å²) < 4.78 is 2.00. The van der Waals surface area contributed by atoms with Gasteiger partial charge in [0.2, 0.25) is 0 Å². The average Bonchev–Trinajstić information content (AvgIpc) is 2.64. The molecule has 2 nitrogen and oxygen atoms in total. The highest BCUT2D eigenvalue weighted by molar-refractivity contribution is 14.1. The smallest absolute Gasteiger partial charge is 0.258 e. The first-order valence-electron chi connectivity index (χ1n) is 5.00. The predicted octanol–water partition coefficient (Wildman–Crippen LogP) is 5.22. The number of carbonyl (C=O) groups excluding carboxylic acids is 1. The van der Waals surface area contributed by atoms with Crippen LogP contribution in [0.2, 0.25) is 8.67 Å². The summed E-state index contributed by atoms with van der Waals surface area (Å²) in [5, 5.41) is 2.84. The molecule has 1 aromatic carbocycles. The highest BCUT2D eigenvalue weighted by atomic mass is 127. The Hall–Kier alpha value is -0.300. The second kappa shape index (κ2) is 5.77. The summed E-state index contributed by atoms with van der Waals surface area (Å²) in [6.07, 6.45) is 0. The number of thiophene rings is 1. The maximum atomic E-state index is 12.1. The van der Waals surface area contributed by atoms with Gasteiger partial charge in [0.15, 0.2) is 0 Å². The average molecular weight is 412 g/mol. The fraction of sp³-hybridized carbons (Fsp3) is 0.0833. The van der Waals surface area contributed by atoms with Crippen molar-refractivity contribution in [1.29, 1.82) is 0 Å². The SMILES string of the molecule is Cc1c(I)cccc1NC(=O)c1cc(Cl)sc1Cl. The third-order valence-electron chi connectivity index (χ3n) is 2.42. The maximum Gasteiger partial charge on any atom is 0.258 e. The fourth-order valence-corrected chi connectivity index (χ4v) is 3.38. The van der Waals surface area contributed by atoms with Crippen molar-refractivity contribution in [2.45, 2.75) is 6.92 Å². The Morgan fingerprint density at radius 2 is 2.11 bits per heavy atom. The summed E-state index contributed by atoms with van der Waals surface area (Å²) in [5.41, 5.74) is 2.22. The van der Waals surface area contributed by atoms with Crippen molar-refractivity contribution < 1.29 is 4.79 Å². The van der Waals surface area contributed by atoms with Crippen LogP contribution in [0.25, 0.3) is 0 Å². The van der Waals surface area contributed by atoms with Crippen molar-refractivity contribution in [3.05, 3.63) is 47.6 Å². The highest BCUT2D eigenvalue weighted by Crippen LogP contribution is 2.32. The molecule has 0 radical (unpaired) electrons. The molecule has 0 aliphatic carbocycles. The minimum absolute atomic E-state index is 0.242. The van der Waals surface area contributed by atoms with Crippen LogP contribution in [0.5, 0.6) is 0 Å². The van der Waals surface area contributed by atoms with Gasteiger partial charge in [0.05, 0.1) is 9.90 Å². The van der Waals surface area contributed by atoms with Crippen LogP contribution < -0.4 is 5.32 Å². The van der Waals surface area contributed by atoms with Gasteiger partial charge in [-0.15, -0.1) is 11.3 Å². The van der Waals surface area contributed by atoms with Gasteiger partial charge < -0.3 is 5.32 Å². The molecule has 2 aromatic rings. The summed E-state index contributed by atoms with van der Waals surface area (Å²) in [4.78, 5) is 12.1. The zero-order valence-corrected chi connectivity index (χ0v) is 13.7. The largest absolute Gasteiger partial charge is 0.322 e. The number of carbonyl (C=O) groups is 1. The van der Waals surface area contributed by atoms with Gasteiger partial charge in [-0.25, -0.2) is 0 Å². The number of anilines is 1. The van der Waals surface area contributed by atoms with E-state index in [-0.39, 0.29) is 5.91 Å². The number of halogens is 3. The van der Waals surface area contributed by atoms with Crippen LogP contribution in [0.3, 0.4) is 0 Å². The number of hydrogen-bond acceptors (Lipinski definition) is 2. The third-order valence-corrected chi connectivity index (χ3v) is 5.07. The van der Waals surface area contributed by atoms with E-state index < -0.39 is 0 Å². The first kappa shape index (κ1) is 14.1. The quantitative estimate of drug-likeness (QED) is 0.674. The molecule has 0 fully saturated rings. The van der Waals surface area contributed by atoms with E-state index in [1.807, 2.05) is 25.1 Å². The molecule has 1 heterocycles. The van der Waals surface area contributed by atoms with Crippen molar-refractivity contribution in [3.63, 3.8) is 0 Å². The van der Waals surface area contributed by atoms with Gasteiger partial charge in [-0.2, -0.15) is 0 Å². The van der Waals surface area contributed by atoms with E-state index in [9.17, 15) is 4.79 Å². The van der Waals surface area contributed by atoms with E-state index in [1.165, 1.54) is 11.3 Å². The molecule has 94 valence electrons. The van der Waals surface area contributed by atoms with E-state index in [0.717, 1.165) is 14.8 Å². The van der Waals surface area contributed by atoms with Crippen LogP contribution in [0.15, 0.2) is 24.3 Å². The third kappa shape index (κ3) is 2.99. The lowest BCUT2D eigenvalue weighted by molar-refractivity contribution is 0.102. The van der Waals surface area contributed by atoms with Gasteiger partial charge in [0, 0.05) is 9.26 Å². The summed E-state index contributed by atoms with van der Waals surface area (Å²) in [6, 6.07) is 7.32. The van der Waals surface area contributed by atoms with Crippen LogP contribution in [-0.2, 0) is 0 Å². The van der Waals surface area contributed by atoms with E-state index in [1.54, 1.807) is 6.07 Å². The molecule has 0 bridgehead atoms. The molecule has 0 atom stereocenters. The molecule has 0 spiro atoms. The highest BCUT2D eigenvalue weighted by Gasteiger charge is 2.15.